The first-order valence-corrected chi connectivity index (χ1v) is 6.64. The van der Waals surface area contributed by atoms with Gasteiger partial charge < -0.3 is 15.2 Å². The fourth-order valence-electron chi connectivity index (χ4n) is 1.89. The van der Waals surface area contributed by atoms with E-state index in [1.807, 2.05) is 32.9 Å². The van der Waals surface area contributed by atoms with Crippen LogP contribution in [0.25, 0.3) is 0 Å². The molecule has 1 aromatic carbocycles. The van der Waals surface area contributed by atoms with Crippen LogP contribution >= 0.6 is 0 Å². The number of aliphatic hydroxyl groups excluding tert-OH is 1. The highest BCUT2D eigenvalue weighted by Gasteiger charge is 2.06. The van der Waals surface area contributed by atoms with Gasteiger partial charge in [0.1, 0.15) is 5.75 Å². The van der Waals surface area contributed by atoms with Crippen molar-refractivity contribution in [3.05, 3.63) is 29.8 Å². The lowest BCUT2D eigenvalue weighted by atomic mass is 10.1. The van der Waals surface area contributed by atoms with E-state index in [0.29, 0.717) is 6.04 Å². The Kier molecular flexibility index (Phi) is 6.16. The van der Waals surface area contributed by atoms with Gasteiger partial charge in [0.15, 0.2) is 0 Å². The third-order valence-corrected chi connectivity index (χ3v) is 2.62. The molecule has 2 unspecified atom stereocenters. The highest BCUT2D eigenvalue weighted by molar-refractivity contribution is 5.28. The molecule has 0 amide bonds. The van der Waals surface area contributed by atoms with Gasteiger partial charge in [0, 0.05) is 12.6 Å². The molecule has 0 aromatic heterocycles. The second kappa shape index (κ2) is 7.39. The van der Waals surface area contributed by atoms with Crippen molar-refractivity contribution >= 4 is 0 Å². The molecule has 0 saturated heterocycles. The standard InChI is InChI=1S/C15H25NO2/c1-11(2)18-15-7-5-6-14(9-15)10-16-12(3)8-13(4)17/h5-7,9,11-13,16-17H,8,10H2,1-4H3. The lowest BCUT2D eigenvalue weighted by Crippen LogP contribution is -2.28. The molecule has 0 radical (unpaired) electrons. The highest BCUT2D eigenvalue weighted by Crippen LogP contribution is 2.15. The minimum Gasteiger partial charge on any atom is -0.491 e. The van der Waals surface area contributed by atoms with Gasteiger partial charge in [0.2, 0.25) is 0 Å². The molecule has 3 nitrogen and oxygen atoms in total. The number of hydrogen-bond acceptors (Lipinski definition) is 3. The Balaban J connectivity index is 2.47. The summed E-state index contributed by atoms with van der Waals surface area (Å²) in [4.78, 5) is 0. The summed E-state index contributed by atoms with van der Waals surface area (Å²) in [6, 6.07) is 8.42. The predicted octanol–water partition coefficient (Wildman–Crippen LogP) is 2.72. The second-order valence-electron chi connectivity index (χ2n) is 5.18. The van der Waals surface area contributed by atoms with Crippen LogP contribution in [0.3, 0.4) is 0 Å². The first-order valence-electron chi connectivity index (χ1n) is 6.64. The van der Waals surface area contributed by atoms with Crippen LogP contribution in [0.15, 0.2) is 24.3 Å². The molecule has 1 rings (SSSR count). The zero-order chi connectivity index (χ0) is 13.5. The third kappa shape index (κ3) is 6.03. The molecule has 0 aliphatic carbocycles. The summed E-state index contributed by atoms with van der Waals surface area (Å²) >= 11 is 0. The lowest BCUT2D eigenvalue weighted by molar-refractivity contribution is 0.170. The zero-order valence-electron chi connectivity index (χ0n) is 11.8. The molecule has 18 heavy (non-hydrogen) atoms. The van der Waals surface area contributed by atoms with Crippen molar-refractivity contribution < 1.29 is 9.84 Å². The van der Waals surface area contributed by atoms with Gasteiger partial charge in [-0.2, -0.15) is 0 Å². The molecule has 0 aliphatic rings. The molecule has 0 spiro atoms. The van der Waals surface area contributed by atoms with Crippen LogP contribution in [0.2, 0.25) is 0 Å². The Morgan fingerprint density at radius 1 is 1.22 bits per heavy atom. The quantitative estimate of drug-likeness (QED) is 0.783. The molecular formula is C15H25NO2. The number of nitrogens with one attached hydrogen (secondary N) is 1. The van der Waals surface area contributed by atoms with E-state index in [1.54, 1.807) is 0 Å². The Morgan fingerprint density at radius 2 is 1.94 bits per heavy atom. The molecule has 3 heteroatoms. The Labute approximate surface area is 110 Å². The van der Waals surface area contributed by atoms with E-state index in [0.717, 1.165) is 18.7 Å². The Bertz CT molecular complexity index is 350. The van der Waals surface area contributed by atoms with E-state index in [1.165, 1.54) is 5.56 Å². The van der Waals surface area contributed by atoms with Crippen molar-refractivity contribution in [3.8, 4) is 5.75 Å². The molecule has 0 saturated carbocycles. The van der Waals surface area contributed by atoms with Crippen LogP contribution < -0.4 is 10.1 Å². The summed E-state index contributed by atoms with van der Waals surface area (Å²) in [5.41, 5.74) is 1.20. The molecule has 2 atom stereocenters. The van der Waals surface area contributed by atoms with E-state index in [-0.39, 0.29) is 12.2 Å². The number of ether oxygens (including phenoxy) is 1. The fourth-order valence-corrected chi connectivity index (χ4v) is 1.89. The maximum absolute atomic E-state index is 9.30. The van der Waals surface area contributed by atoms with Gasteiger partial charge in [-0.3, -0.25) is 0 Å². The average molecular weight is 251 g/mol. The maximum atomic E-state index is 9.30. The molecule has 1 aromatic rings. The van der Waals surface area contributed by atoms with E-state index < -0.39 is 0 Å². The van der Waals surface area contributed by atoms with Gasteiger partial charge in [-0.1, -0.05) is 12.1 Å². The van der Waals surface area contributed by atoms with Crippen LogP contribution in [0.5, 0.6) is 5.75 Å². The summed E-state index contributed by atoms with van der Waals surface area (Å²) < 4.78 is 5.66. The normalized spacial score (nSPS) is 14.6. The van der Waals surface area contributed by atoms with Crippen LogP contribution in [0.4, 0.5) is 0 Å². The molecule has 2 N–H and O–H groups in total. The van der Waals surface area contributed by atoms with Crippen molar-refractivity contribution in [3.63, 3.8) is 0 Å². The van der Waals surface area contributed by atoms with Crippen LogP contribution in [0.1, 0.15) is 39.7 Å². The van der Waals surface area contributed by atoms with E-state index in [4.69, 9.17) is 4.74 Å². The average Bonchev–Trinajstić information content (AvgIpc) is 2.25. The van der Waals surface area contributed by atoms with Crippen molar-refractivity contribution in [2.45, 2.75) is 58.9 Å². The molecular weight excluding hydrogens is 226 g/mol. The monoisotopic (exact) mass is 251 g/mol. The van der Waals surface area contributed by atoms with Gasteiger partial charge in [0.05, 0.1) is 12.2 Å². The Morgan fingerprint density at radius 3 is 2.56 bits per heavy atom. The van der Waals surface area contributed by atoms with E-state index in [2.05, 4.69) is 24.4 Å². The number of benzene rings is 1. The molecule has 0 aliphatic heterocycles. The predicted molar refractivity (Wildman–Crippen MR) is 74.8 cm³/mol. The van der Waals surface area contributed by atoms with Gasteiger partial charge >= 0.3 is 0 Å². The van der Waals surface area contributed by atoms with E-state index in [9.17, 15) is 5.11 Å². The fraction of sp³-hybridized carbons (Fsp3) is 0.600. The van der Waals surface area contributed by atoms with Gasteiger partial charge in [0.25, 0.3) is 0 Å². The minimum absolute atomic E-state index is 0.197. The minimum atomic E-state index is -0.261. The van der Waals surface area contributed by atoms with Gasteiger partial charge in [-0.25, -0.2) is 0 Å². The smallest absolute Gasteiger partial charge is 0.120 e. The number of rotatable bonds is 7. The van der Waals surface area contributed by atoms with Gasteiger partial charge in [-0.15, -0.1) is 0 Å². The highest BCUT2D eigenvalue weighted by atomic mass is 16.5. The largest absolute Gasteiger partial charge is 0.491 e. The summed E-state index contributed by atoms with van der Waals surface area (Å²) in [5.74, 6) is 0.910. The topological polar surface area (TPSA) is 41.5 Å². The molecule has 0 fully saturated rings. The summed E-state index contributed by atoms with van der Waals surface area (Å²) in [7, 11) is 0. The van der Waals surface area contributed by atoms with Crippen LogP contribution in [-0.2, 0) is 6.54 Å². The SMILES string of the molecule is CC(O)CC(C)NCc1cccc(OC(C)C)c1. The summed E-state index contributed by atoms with van der Waals surface area (Å²) in [5, 5.41) is 12.7. The third-order valence-electron chi connectivity index (χ3n) is 2.62. The number of hydrogen-bond donors (Lipinski definition) is 2. The van der Waals surface area contributed by atoms with Crippen molar-refractivity contribution in [2.24, 2.45) is 0 Å². The first-order chi connectivity index (χ1) is 8.47. The van der Waals surface area contributed by atoms with Crippen LogP contribution in [0, 0.1) is 0 Å². The van der Waals surface area contributed by atoms with Crippen molar-refractivity contribution in [1.29, 1.82) is 0 Å². The molecule has 102 valence electrons. The van der Waals surface area contributed by atoms with Crippen LogP contribution in [-0.4, -0.2) is 23.4 Å². The molecule has 0 heterocycles. The second-order valence-corrected chi connectivity index (χ2v) is 5.18. The van der Waals surface area contributed by atoms with Crippen molar-refractivity contribution in [1.82, 2.24) is 5.32 Å². The number of aliphatic hydroxyl groups is 1. The summed E-state index contributed by atoms with van der Waals surface area (Å²) in [6.45, 7) is 8.74. The summed E-state index contributed by atoms with van der Waals surface area (Å²) in [6.07, 6.45) is 0.702. The lowest BCUT2D eigenvalue weighted by Gasteiger charge is -2.16. The Hall–Kier alpha value is -1.06. The zero-order valence-corrected chi connectivity index (χ0v) is 11.8. The van der Waals surface area contributed by atoms with E-state index >= 15 is 0 Å². The van der Waals surface area contributed by atoms with Gasteiger partial charge in [-0.05, 0) is 51.8 Å². The van der Waals surface area contributed by atoms with Crippen molar-refractivity contribution in [2.75, 3.05) is 0 Å². The first kappa shape index (κ1) is 15.0. The maximum Gasteiger partial charge on any atom is 0.120 e. The molecule has 0 bridgehead atoms.